The summed E-state index contributed by atoms with van der Waals surface area (Å²) in [6, 6.07) is 6.78. The van der Waals surface area contributed by atoms with Crippen LogP contribution in [0.15, 0.2) is 29.3 Å². The number of isothiocyanates is 1. The summed E-state index contributed by atoms with van der Waals surface area (Å²) in [6.07, 6.45) is 1.46. The van der Waals surface area contributed by atoms with Gasteiger partial charge in [0, 0.05) is 17.6 Å². The summed E-state index contributed by atoms with van der Waals surface area (Å²) in [5.74, 6) is -0.0885. The van der Waals surface area contributed by atoms with E-state index in [2.05, 4.69) is 24.1 Å². The van der Waals surface area contributed by atoms with Crippen molar-refractivity contribution >= 4 is 29.4 Å². The molecule has 0 aliphatic rings. The molecule has 0 bridgehead atoms. The van der Waals surface area contributed by atoms with Crippen molar-refractivity contribution in [2.24, 2.45) is 4.99 Å². The largest absolute Gasteiger partial charge is 2.00 e. The van der Waals surface area contributed by atoms with E-state index in [-0.39, 0.29) is 35.1 Å². The third-order valence-electron chi connectivity index (χ3n) is 1.43. The van der Waals surface area contributed by atoms with Gasteiger partial charge in [-0.25, -0.2) is 0 Å². The number of carbonyl (C=O) groups excluding carboxylic acids is 1. The third-order valence-corrected chi connectivity index (χ3v) is 1.43. The fourth-order valence-corrected chi connectivity index (χ4v) is 0.843. The number of phenolic OH excluding ortho intramolecular Hbond substituents is 1. The van der Waals surface area contributed by atoms with E-state index in [0.717, 1.165) is 0 Å². The Hall–Kier alpha value is -1.45. The first-order chi connectivity index (χ1) is 7.61. The second-order valence-electron chi connectivity index (χ2n) is 2.66. The number of hydrogen-bond acceptors (Lipinski definition) is 4. The molecule has 1 radical (unpaired) electrons. The number of hydrogen-bond donors (Lipinski definition) is 1. The van der Waals surface area contributed by atoms with Crippen molar-refractivity contribution in [1.82, 2.24) is 0 Å². The quantitative estimate of drug-likeness (QED) is 0.401. The summed E-state index contributed by atoms with van der Waals surface area (Å²) in [6.45, 7) is 3.23. The van der Waals surface area contributed by atoms with Gasteiger partial charge in [0.15, 0.2) is 0 Å². The van der Waals surface area contributed by atoms with Gasteiger partial charge in [-0.15, -0.1) is 0 Å². The smallest absolute Gasteiger partial charge is 0.753 e. The van der Waals surface area contributed by atoms with Gasteiger partial charge in [0.05, 0.1) is 6.54 Å². The summed E-state index contributed by atoms with van der Waals surface area (Å²) < 4.78 is 0. The third kappa shape index (κ3) is 9.48. The Balaban J connectivity index is 0. The first-order valence-corrected chi connectivity index (χ1v) is 4.66. The van der Waals surface area contributed by atoms with Crippen molar-refractivity contribution in [3.05, 3.63) is 42.2 Å². The first-order valence-electron chi connectivity index (χ1n) is 4.25. The number of para-hydroxylation sites is 1. The molecule has 0 saturated heterocycles. The number of thiocarbonyl (C=S) groups is 1. The van der Waals surface area contributed by atoms with E-state index >= 15 is 0 Å². The maximum absolute atomic E-state index is 10.4. The number of Topliss-reactive ketones (excluding diaryl/α,β-unsaturated/α-hetero) is 1. The molecule has 0 aliphatic carbocycles. The summed E-state index contributed by atoms with van der Waals surface area (Å²) in [5.41, 5.74) is 0.601. The van der Waals surface area contributed by atoms with Crippen LogP contribution in [0.3, 0.4) is 0 Å². The monoisotopic (exact) mass is 297 g/mol. The van der Waals surface area contributed by atoms with Crippen molar-refractivity contribution in [2.75, 3.05) is 6.54 Å². The summed E-state index contributed by atoms with van der Waals surface area (Å²) >= 11 is 3.70. The van der Waals surface area contributed by atoms with Gasteiger partial charge in [0.1, 0.15) is 5.75 Å². The molecule has 0 heterocycles. The van der Waals surface area contributed by atoms with Crippen LogP contribution in [0.1, 0.15) is 5.56 Å². The van der Waals surface area contributed by atoms with Crippen molar-refractivity contribution < 1.29 is 27.0 Å². The molecule has 17 heavy (non-hydrogen) atoms. The van der Waals surface area contributed by atoms with Gasteiger partial charge < -0.3 is 22.2 Å². The van der Waals surface area contributed by atoms with Crippen LogP contribution in [0.2, 0.25) is 0 Å². The zero-order valence-corrected chi connectivity index (χ0v) is 10.5. The minimum Gasteiger partial charge on any atom is -0.753 e. The van der Waals surface area contributed by atoms with Crippen molar-refractivity contribution in [3.63, 3.8) is 0 Å². The maximum Gasteiger partial charge on any atom is 2.00 e. The van der Waals surface area contributed by atoms with Gasteiger partial charge in [-0.1, -0.05) is 24.4 Å². The first kappa shape index (κ1) is 17.9. The predicted octanol–water partition coefficient (Wildman–Crippen LogP) is 1.87. The van der Waals surface area contributed by atoms with Gasteiger partial charge in [-0.05, 0) is 12.1 Å². The van der Waals surface area contributed by atoms with E-state index in [9.17, 15) is 9.90 Å². The molecule has 1 aromatic rings. The molecule has 0 saturated carbocycles. The molecule has 0 aromatic heterocycles. The topological polar surface area (TPSA) is 72.0 Å². The van der Waals surface area contributed by atoms with Crippen LogP contribution in [-0.4, -0.2) is 28.8 Å². The Bertz CT molecular complexity index is 416. The van der Waals surface area contributed by atoms with Crippen LogP contribution in [0.4, 0.5) is 0 Å². The average molecular weight is 298 g/mol. The van der Waals surface area contributed by atoms with Crippen LogP contribution in [0, 0.1) is 6.92 Å². The Morgan fingerprint density at radius 3 is 2.59 bits per heavy atom. The molecule has 0 unspecified atom stereocenters. The fraction of sp³-hybridized carbons (Fsp3) is 0.0909. The molecule has 0 atom stereocenters. The number of aromatic hydroxyl groups is 1. The van der Waals surface area contributed by atoms with E-state index in [4.69, 9.17) is 5.41 Å². The normalized spacial score (nSPS) is 8.47. The maximum atomic E-state index is 10.4. The van der Waals surface area contributed by atoms with Gasteiger partial charge in [-0.2, -0.15) is 5.16 Å². The van der Waals surface area contributed by atoms with E-state index in [0.29, 0.717) is 5.56 Å². The SMILES string of the molecule is [CH2-]C(=O)CN=Cc1ccccc1O.[Cu+2].[N-]=C=S. The predicted molar refractivity (Wildman–Crippen MR) is 66.9 cm³/mol. The Kier molecular flexibility index (Phi) is 11.7. The standard InChI is InChI=1S/C10H10NO2.CNS.Cu/c1-8(12)6-11-7-9-4-2-3-5-10(9)13;2-1-3;/h2-5,7,13H,1,6H2;;/q2*-1;+2. The summed E-state index contributed by atoms with van der Waals surface area (Å²) in [5, 5.41) is 17.8. The van der Waals surface area contributed by atoms with Crippen molar-refractivity contribution in [3.8, 4) is 5.75 Å². The molecule has 4 nitrogen and oxygen atoms in total. The molecule has 1 N–H and O–H groups in total. The van der Waals surface area contributed by atoms with Crippen LogP contribution in [0.25, 0.3) is 5.41 Å². The number of phenols is 1. The summed E-state index contributed by atoms with van der Waals surface area (Å²) in [7, 11) is 0. The Labute approximate surface area is 116 Å². The van der Waals surface area contributed by atoms with Crippen LogP contribution in [0.5, 0.6) is 5.75 Å². The molecule has 0 fully saturated rings. The molecular weight excluding hydrogens is 288 g/mol. The molecule has 93 valence electrons. The van der Waals surface area contributed by atoms with Gasteiger partial charge in [0.25, 0.3) is 0 Å². The van der Waals surface area contributed by atoms with Crippen LogP contribution in [-0.2, 0) is 21.9 Å². The fourth-order valence-electron chi connectivity index (χ4n) is 0.843. The van der Waals surface area contributed by atoms with Crippen LogP contribution >= 0.6 is 12.2 Å². The number of benzene rings is 1. The van der Waals surface area contributed by atoms with E-state index in [1.165, 1.54) is 11.4 Å². The van der Waals surface area contributed by atoms with Crippen molar-refractivity contribution in [1.29, 1.82) is 0 Å². The number of carbonyl (C=O) groups is 1. The van der Waals surface area contributed by atoms with E-state index < -0.39 is 0 Å². The molecule has 6 heteroatoms. The molecule has 0 spiro atoms. The number of rotatable bonds is 3. The Morgan fingerprint density at radius 2 is 2.12 bits per heavy atom. The minimum atomic E-state index is -0.244. The van der Waals surface area contributed by atoms with Gasteiger partial charge in [-0.3, -0.25) is 4.99 Å². The summed E-state index contributed by atoms with van der Waals surface area (Å²) in [4.78, 5) is 14.2. The number of ketones is 1. The second-order valence-corrected chi connectivity index (χ2v) is 2.84. The van der Waals surface area contributed by atoms with Gasteiger partial charge in [0.2, 0.25) is 0 Å². The van der Waals surface area contributed by atoms with E-state index in [1.807, 2.05) is 0 Å². The van der Waals surface area contributed by atoms with Crippen molar-refractivity contribution in [2.45, 2.75) is 0 Å². The molecular formula is C11H10CuN2O2S. The molecule has 1 aromatic carbocycles. The molecule has 0 aliphatic heterocycles. The minimum absolute atomic E-state index is 0. The zero-order chi connectivity index (χ0) is 12.4. The zero-order valence-electron chi connectivity index (χ0n) is 8.76. The number of nitrogens with zero attached hydrogens (tertiary/aromatic N) is 2. The second kappa shape index (κ2) is 11.0. The molecule has 1 rings (SSSR count). The number of aliphatic imine (C=N–C) groups is 1. The van der Waals surface area contributed by atoms with Crippen LogP contribution < -0.4 is 0 Å². The average Bonchev–Trinajstić information content (AvgIpc) is 2.21. The van der Waals surface area contributed by atoms with E-state index in [1.54, 1.807) is 24.3 Å². The Morgan fingerprint density at radius 1 is 1.59 bits per heavy atom. The molecule has 0 amide bonds. The van der Waals surface area contributed by atoms with Gasteiger partial charge >= 0.3 is 17.1 Å².